The summed E-state index contributed by atoms with van der Waals surface area (Å²) in [6, 6.07) is 18.2. The van der Waals surface area contributed by atoms with Crippen LogP contribution in [0.2, 0.25) is 0 Å². The second kappa shape index (κ2) is 8.31. The van der Waals surface area contributed by atoms with Gasteiger partial charge in [0.15, 0.2) is 5.82 Å². The van der Waals surface area contributed by atoms with Crippen LogP contribution in [0.5, 0.6) is 0 Å². The number of anilines is 2. The van der Waals surface area contributed by atoms with Gasteiger partial charge in [-0.05, 0) is 31.3 Å². The number of halogens is 1. The summed E-state index contributed by atoms with van der Waals surface area (Å²) < 4.78 is 5.58. The molecular formula is C19H22ClN5O. The summed E-state index contributed by atoms with van der Waals surface area (Å²) in [6.07, 6.45) is 0. The summed E-state index contributed by atoms with van der Waals surface area (Å²) in [5.41, 5.74) is 2.86. The molecule has 7 heteroatoms. The van der Waals surface area contributed by atoms with Crippen molar-refractivity contribution in [3.05, 3.63) is 60.4 Å². The molecule has 1 atom stereocenters. The van der Waals surface area contributed by atoms with Gasteiger partial charge in [-0.1, -0.05) is 35.5 Å². The van der Waals surface area contributed by atoms with E-state index < -0.39 is 0 Å². The van der Waals surface area contributed by atoms with Crippen LogP contribution in [0.3, 0.4) is 0 Å². The van der Waals surface area contributed by atoms with E-state index in [1.54, 1.807) is 0 Å². The van der Waals surface area contributed by atoms with E-state index in [1.807, 2.05) is 54.6 Å². The molecule has 0 radical (unpaired) electrons. The topological polar surface area (TPSA) is 66.2 Å². The number of benzene rings is 2. The predicted molar refractivity (Wildman–Crippen MR) is 105 cm³/mol. The first-order valence-electron chi connectivity index (χ1n) is 8.47. The summed E-state index contributed by atoms with van der Waals surface area (Å²) in [5, 5.41) is 11.0. The Kier molecular flexibility index (Phi) is 5.88. The molecule has 4 rings (SSSR count). The van der Waals surface area contributed by atoms with Crippen molar-refractivity contribution in [3.8, 4) is 11.5 Å². The van der Waals surface area contributed by atoms with E-state index in [4.69, 9.17) is 4.52 Å². The highest BCUT2D eigenvalue weighted by Gasteiger charge is 2.25. The lowest BCUT2D eigenvalue weighted by Gasteiger charge is -2.30. The molecule has 136 valence electrons. The van der Waals surface area contributed by atoms with Crippen molar-refractivity contribution in [3.63, 3.8) is 0 Å². The monoisotopic (exact) mass is 371 g/mol. The molecule has 1 saturated heterocycles. The molecule has 0 amide bonds. The molecule has 3 aromatic rings. The predicted octanol–water partition coefficient (Wildman–Crippen LogP) is 3.48. The Labute approximate surface area is 159 Å². The highest BCUT2D eigenvalue weighted by Crippen LogP contribution is 2.30. The Balaban J connectivity index is 0.00000196. The first-order chi connectivity index (χ1) is 12.3. The van der Waals surface area contributed by atoms with Gasteiger partial charge in [-0.25, -0.2) is 0 Å². The number of nitrogens with one attached hydrogen (secondary N) is 2. The number of hydrogen-bond acceptors (Lipinski definition) is 6. The van der Waals surface area contributed by atoms with Gasteiger partial charge in [-0.2, -0.15) is 4.98 Å². The second-order valence-electron chi connectivity index (χ2n) is 6.19. The maximum atomic E-state index is 5.58. The number of para-hydroxylation sites is 2. The minimum Gasteiger partial charge on any atom is -0.355 e. The average molecular weight is 372 g/mol. The minimum absolute atomic E-state index is 0. The van der Waals surface area contributed by atoms with Crippen molar-refractivity contribution in [2.75, 3.05) is 32.0 Å². The van der Waals surface area contributed by atoms with Gasteiger partial charge in [0, 0.05) is 25.3 Å². The van der Waals surface area contributed by atoms with Gasteiger partial charge in [0.2, 0.25) is 0 Å². The van der Waals surface area contributed by atoms with Gasteiger partial charge in [0.05, 0.1) is 17.3 Å². The van der Waals surface area contributed by atoms with E-state index in [0.29, 0.717) is 5.89 Å². The molecule has 1 aliphatic heterocycles. The van der Waals surface area contributed by atoms with Crippen molar-refractivity contribution in [2.45, 2.75) is 6.04 Å². The summed E-state index contributed by atoms with van der Waals surface area (Å²) in [7, 11) is 2.09. The minimum atomic E-state index is 0. The standard InChI is InChI=1S/C19H21N5O.ClH/c1-24-12-11-20-13-17(24)18-22-19(25-23-18)15-9-5-6-10-16(15)21-14-7-3-2-4-8-14;/h2-10,17,20-21H,11-13H2,1H3;1H. The van der Waals surface area contributed by atoms with Crippen molar-refractivity contribution in [2.24, 2.45) is 0 Å². The Hall–Kier alpha value is -2.41. The molecule has 1 fully saturated rings. The van der Waals surface area contributed by atoms with E-state index >= 15 is 0 Å². The van der Waals surface area contributed by atoms with Gasteiger partial charge in [-0.15, -0.1) is 12.4 Å². The van der Waals surface area contributed by atoms with Crippen LogP contribution in [0.4, 0.5) is 11.4 Å². The zero-order valence-electron chi connectivity index (χ0n) is 14.6. The summed E-state index contributed by atoms with van der Waals surface area (Å²) in [4.78, 5) is 6.91. The molecule has 6 nitrogen and oxygen atoms in total. The molecule has 0 aliphatic carbocycles. The fourth-order valence-corrected chi connectivity index (χ4v) is 3.03. The number of nitrogens with zero attached hydrogens (tertiary/aromatic N) is 3. The molecule has 1 aliphatic rings. The molecule has 1 aromatic heterocycles. The van der Waals surface area contributed by atoms with E-state index in [9.17, 15) is 0 Å². The molecule has 2 aromatic carbocycles. The maximum Gasteiger partial charge on any atom is 0.260 e. The molecule has 0 spiro atoms. The fourth-order valence-electron chi connectivity index (χ4n) is 3.03. The number of piperazine rings is 1. The van der Waals surface area contributed by atoms with Gasteiger partial charge in [-0.3, -0.25) is 4.90 Å². The fraction of sp³-hybridized carbons (Fsp3) is 0.263. The summed E-state index contributed by atoms with van der Waals surface area (Å²) >= 11 is 0. The highest BCUT2D eigenvalue weighted by molar-refractivity contribution is 5.85. The molecule has 26 heavy (non-hydrogen) atoms. The van der Waals surface area contributed by atoms with Crippen LogP contribution in [-0.4, -0.2) is 41.7 Å². The van der Waals surface area contributed by atoms with Gasteiger partial charge >= 0.3 is 0 Å². The number of aromatic nitrogens is 2. The van der Waals surface area contributed by atoms with Crippen molar-refractivity contribution in [1.82, 2.24) is 20.4 Å². The number of rotatable bonds is 4. The SMILES string of the molecule is CN1CCNCC1c1noc(-c2ccccc2Nc2ccccc2)n1.Cl. The lowest BCUT2D eigenvalue weighted by Crippen LogP contribution is -2.44. The molecular weight excluding hydrogens is 350 g/mol. The average Bonchev–Trinajstić information content (AvgIpc) is 3.13. The van der Waals surface area contributed by atoms with Crippen molar-refractivity contribution < 1.29 is 4.52 Å². The first-order valence-corrected chi connectivity index (χ1v) is 8.47. The maximum absolute atomic E-state index is 5.58. The molecule has 0 saturated carbocycles. The van der Waals surface area contributed by atoms with E-state index in [0.717, 1.165) is 42.4 Å². The number of likely N-dealkylation sites (N-methyl/N-ethyl adjacent to an activating group) is 1. The van der Waals surface area contributed by atoms with Gasteiger partial charge < -0.3 is 15.2 Å². The van der Waals surface area contributed by atoms with Crippen molar-refractivity contribution in [1.29, 1.82) is 0 Å². The van der Waals surface area contributed by atoms with Crippen LogP contribution in [-0.2, 0) is 0 Å². The molecule has 2 heterocycles. The van der Waals surface area contributed by atoms with Crippen LogP contribution in [0.25, 0.3) is 11.5 Å². The van der Waals surface area contributed by atoms with Gasteiger partial charge in [0.25, 0.3) is 5.89 Å². The third-order valence-corrected chi connectivity index (χ3v) is 4.46. The lowest BCUT2D eigenvalue weighted by molar-refractivity contribution is 0.190. The summed E-state index contributed by atoms with van der Waals surface area (Å²) in [5.74, 6) is 1.26. The van der Waals surface area contributed by atoms with E-state index in [-0.39, 0.29) is 18.4 Å². The lowest BCUT2D eigenvalue weighted by atomic mass is 10.1. The molecule has 0 bridgehead atoms. The second-order valence-corrected chi connectivity index (χ2v) is 6.19. The zero-order chi connectivity index (χ0) is 17.1. The number of hydrogen-bond donors (Lipinski definition) is 2. The van der Waals surface area contributed by atoms with Gasteiger partial charge in [0.1, 0.15) is 0 Å². The normalized spacial score (nSPS) is 17.5. The highest BCUT2D eigenvalue weighted by atomic mass is 35.5. The quantitative estimate of drug-likeness (QED) is 0.732. The Morgan fingerprint density at radius 3 is 2.69 bits per heavy atom. The van der Waals surface area contributed by atoms with E-state index in [2.05, 4.69) is 32.7 Å². The van der Waals surface area contributed by atoms with Crippen LogP contribution in [0, 0.1) is 0 Å². The first kappa shape index (κ1) is 18.4. The zero-order valence-corrected chi connectivity index (χ0v) is 15.4. The van der Waals surface area contributed by atoms with Crippen molar-refractivity contribution >= 4 is 23.8 Å². The molecule has 1 unspecified atom stereocenters. The Morgan fingerprint density at radius 1 is 1.12 bits per heavy atom. The summed E-state index contributed by atoms with van der Waals surface area (Å²) in [6.45, 7) is 2.79. The van der Waals surface area contributed by atoms with Crippen LogP contribution in [0.1, 0.15) is 11.9 Å². The Bertz CT molecular complexity index is 839. The van der Waals surface area contributed by atoms with Crippen LogP contribution < -0.4 is 10.6 Å². The smallest absolute Gasteiger partial charge is 0.260 e. The largest absolute Gasteiger partial charge is 0.355 e. The van der Waals surface area contributed by atoms with E-state index in [1.165, 1.54) is 0 Å². The van der Waals surface area contributed by atoms with Crippen LogP contribution >= 0.6 is 12.4 Å². The third kappa shape index (κ3) is 3.88. The van der Waals surface area contributed by atoms with Crippen LogP contribution in [0.15, 0.2) is 59.1 Å². The molecule has 2 N–H and O–H groups in total. The Morgan fingerprint density at radius 2 is 1.88 bits per heavy atom. The third-order valence-electron chi connectivity index (χ3n) is 4.46.